The normalized spacial score (nSPS) is 12.5. The van der Waals surface area contributed by atoms with Crippen LogP contribution in [0.15, 0.2) is 17.7 Å². The van der Waals surface area contributed by atoms with Crippen LogP contribution in [0.25, 0.3) is 6.08 Å². The van der Waals surface area contributed by atoms with Gasteiger partial charge in [0.15, 0.2) is 0 Å². The van der Waals surface area contributed by atoms with E-state index in [-0.39, 0.29) is 0 Å². The third-order valence-electron chi connectivity index (χ3n) is 2.48. The Bertz CT molecular complexity index is 383. The first kappa shape index (κ1) is 13.5. The molecule has 0 unspecified atom stereocenters. The molecule has 0 nitrogen and oxygen atoms in total. The van der Waals surface area contributed by atoms with E-state index in [0.717, 1.165) is 6.42 Å². The van der Waals surface area contributed by atoms with E-state index in [0.29, 0.717) is 0 Å². The molecule has 2 rings (SSSR count). The Balaban J connectivity index is 0.000000337. The maximum atomic E-state index is 4.93. The second-order valence-electron chi connectivity index (χ2n) is 3.89. The van der Waals surface area contributed by atoms with Gasteiger partial charge < -0.3 is 0 Å². The van der Waals surface area contributed by atoms with Gasteiger partial charge in [0, 0.05) is 0 Å². The molecule has 1 aromatic carbocycles. The molecule has 0 fully saturated rings. The fourth-order valence-electron chi connectivity index (χ4n) is 2.02. The number of aryl methyl sites for hydroxylation is 2. The zero-order chi connectivity index (χ0) is 11.4. The van der Waals surface area contributed by atoms with Crippen molar-refractivity contribution in [2.24, 2.45) is 0 Å². The van der Waals surface area contributed by atoms with Crippen molar-refractivity contribution in [1.29, 1.82) is 0 Å². The number of halogens is 2. The summed E-state index contributed by atoms with van der Waals surface area (Å²) >= 11 is -0.826. The number of hydrogen-bond donors (Lipinski definition) is 0. The molecule has 1 aliphatic carbocycles. The molecule has 0 aliphatic heterocycles. The standard InChI is InChI=1S/C12H14.2ClH.Zr/c1-8-4-10(3)12-7-9(2)6-11(12)5-8;;;/h4-5,7H,6H2,1-3H3;2*1H;/q;;;+2/p-2. The summed E-state index contributed by atoms with van der Waals surface area (Å²) in [5.74, 6) is 0. The molecular formula is C12H14Cl2Zr. The van der Waals surface area contributed by atoms with Crippen molar-refractivity contribution < 1.29 is 20.8 Å². The van der Waals surface area contributed by atoms with E-state index in [9.17, 15) is 0 Å². The number of fused-ring (bicyclic) bond motifs is 1. The molecule has 1 aromatic rings. The molecule has 0 spiro atoms. The van der Waals surface area contributed by atoms with Crippen LogP contribution in [0.4, 0.5) is 0 Å². The molecule has 1 aliphatic rings. The monoisotopic (exact) mass is 318 g/mol. The third-order valence-corrected chi connectivity index (χ3v) is 2.48. The first-order chi connectivity index (χ1) is 7.08. The van der Waals surface area contributed by atoms with Crippen molar-refractivity contribution in [3.63, 3.8) is 0 Å². The van der Waals surface area contributed by atoms with Crippen molar-refractivity contribution >= 4 is 23.1 Å². The molecule has 0 amide bonds. The van der Waals surface area contributed by atoms with Crippen molar-refractivity contribution in [2.45, 2.75) is 27.2 Å². The van der Waals surface area contributed by atoms with E-state index in [2.05, 4.69) is 39.0 Å². The van der Waals surface area contributed by atoms with E-state index < -0.39 is 20.8 Å². The summed E-state index contributed by atoms with van der Waals surface area (Å²) in [5.41, 5.74) is 7.25. The quantitative estimate of drug-likeness (QED) is 0.653. The molecular weight excluding hydrogens is 306 g/mol. The predicted molar refractivity (Wildman–Crippen MR) is 65.0 cm³/mol. The Morgan fingerprint density at radius 1 is 1.13 bits per heavy atom. The second kappa shape index (κ2) is 6.23. The average molecular weight is 320 g/mol. The molecule has 0 saturated heterocycles. The fourth-order valence-corrected chi connectivity index (χ4v) is 2.02. The van der Waals surface area contributed by atoms with E-state index in [4.69, 9.17) is 17.0 Å². The van der Waals surface area contributed by atoms with E-state index in [1.807, 2.05) is 0 Å². The van der Waals surface area contributed by atoms with Crippen LogP contribution in [0.2, 0.25) is 0 Å². The van der Waals surface area contributed by atoms with Gasteiger partial charge in [-0.3, -0.25) is 0 Å². The van der Waals surface area contributed by atoms with Gasteiger partial charge in [-0.2, -0.15) is 0 Å². The topological polar surface area (TPSA) is 0 Å². The molecule has 0 aromatic heterocycles. The zero-order valence-corrected chi connectivity index (χ0v) is 13.2. The first-order valence-electron chi connectivity index (χ1n) is 4.82. The average Bonchev–Trinajstić information content (AvgIpc) is 2.47. The number of rotatable bonds is 0. The molecule has 0 radical (unpaired) electrons. The van der Waals surface area contributed by atoms with Gasteiger partial charge in [0.1, 0.15) is 0 Å². The van der Waals surface area contributed by atoms with E-state index >= 15 is 0 Å². The molecule has 80 valence electrons. The van der Waals surface area contributed by atoms with Gasteiger partial charge in [-0.25, -0.2) is 0 Å². The summed E-state index contributed by atoms with van der Waals surface area (Å²) in [6.45, 7) is 6.57. The Morgan fingerprint density at radius 2 is 1.73 bits per heavy atom. The van der Waals surface area contributed by atoms with Crippen LogP contribution in [0, 0.1) is 13.8 Å². The molecule has 0 N–H and O–H groups in total. The van der Waals surface area contributed by atoms with Gasteiger partial charge >= 0.3 is 37.9 Å². The SMILES string of the molecule is CC1=Cc2c(C)cc(C)cc2C1.[Cl][Zr][Cl]. The van der Waals surface area contributed by atoms with Crippen LogP contribution in [0.3, 0.4) is 0 Å². The maximum absolute atomic E-state index is 4.93. The van der Waals surface area contributed by atoms with Gasteiger partial charge in [-0.15, -0.1) is 0 Å². The van der Waals surface area contributed by atoms with Gasteiger partial charge in [0.05, 0.1) is 0 Å². The van der Waals surface area contributed by atoms with Crippen LogP contribution in [-0.2, 0) is 27.3 Å². The molecule has 0 bridgehead atoms. The minimum atomic E-state index is -0.826. The fraction of sp³-hybridized carbons (Fsp3) is 0.333. The molecule has 15 heavy (non-hydrogen) atoms. The Kier molecular flexibility index (Phi) is 5.60. The van der Waals surface area contributed by atoms with Gasteiger partial charge in [-0.1, -0.05) is 29.3 Å². The van der Waals surface area contributed by atoms with Gasteiger partial charge in [0.2, 0.25) is 0 Å². The molecule has 0 saturated carbocycles. The molecule has 0 heterocycles. The van der Waals surface area contributed by atoms with Crippen LogP contribution in [0.1, 0.15) is 29.2 Å². The number of benzene rings is 1. The number of hydrogen-bond acceptors (Lipinski definition) is 0. The Morgan fingerprint density at radius 3 is 2.33 bits per heavy atom. The first-order valence-corrected chi connectivity index (χ1v) is 11.1. The van der Waals surface area contributed by atoms with Crippen LogP contribution in [0.5, 0.6) is 0 Å². The second-order valence-corrected chi connectivity index (χ2v) is 7.63. The predicted octanol–water partition coefficient (Wildman–Crippen LogP) is 4.64. The molecule has 0 atom stereocenters. The summed E-state index contributed by atoms with van der Waals surface area (Å²) < 4.78 is 0. The van der Waals surface area contributed by atoms with Crippen molar-refractivity contribution in [2.75, 3.05) is 0 Å². The Hall–Kier alpha value is 0.423. The minimum absolute atomic E-state index is 0.826. The Labute approximate surface area is 110 Å². The molecule has 3 heteroatoms. The van der Waals surface area contributed by atoms with Crippen LogP contribution in [-0.4, -0.2) is 0 Å². The van der Waals surface area contributed by atoms with Gasteiger partial charge in [-0.05, 0) is 43.9 Å². The van der Waals surface area contributed by atoms with Crippen molar-refractivity contribution in [3.8, 4) is 0 Å². The summed E-state index contributed by atoms with van der Waals surface area (Å²) in [4.78, 5) is 0. The van der Waals surface area contributed by atoms with E-state index in [1.54, 1.807) is 0 Å². The van der Waals surface area contributed by atoms with Crippen molar-refractivity contribution in [3.05, 3.63) is 40.0 Å². The summed E-state index contributed by atoms with van der Waals surface area (Å²) in [6, 6.07) is 4.56. The van der Waals surface area contributed by atoms with Crippen molar-refractivity contribution in [1.82, 2.24) is 0 Å². The van der Waals surface area contributed by atoms with Crippen LogP contribution >= 0.6 is 17.0 Å². The van der Waals surface area contributed by atoms with Crippen LogP contribution < -0.4 is 0 Å². The summed E-state index contributed by atoms with van der Waals surface area (Å²) in [6.07, 6.45) is 3.46. The van der Waals surface area contributed by atoms with Gasteiger partial charge in [0.25, 0.3) is 0 Å². The zero-order valence-electron chi connectivity index (χ0n) is 9.20. The summed E-state index contributed by atoms with van der Waals surface area (Å²) in [7, 11) is 9.87. The summed E-state index contributed by atoms with van der Waals surface area (Å²) in [5, 5.41) is 0. The number of allylic oxidation sites excluding steroid dienone is 1. The van der Waals surface area contributed by atoms with E-state index in [1.165, 1.54) is 27.8 Å². The third kappa shape index (κ3) is 3.73.